The molecule has 12 heavy (non-hydrogen) atoms. The molecule has 0 radical (unpaired) electrons. The van der Waals surface area contributed by atoms with Crippen LogP contribution in [0, 0.1) is 0 Å². The van der Waals surface area contributed by atoms with Crippen molar-refractivity contribution in [3.8, 4) is 0 Å². The lowest BCUT2D eigenvalue weighted by atomic mass is 9.97. The minimum absolute atomic E-state index is 0.260. The fourth-order valence-electron chi connectivity index (χ4n) is 1.73. The van der Waals surface area contributed by atoms with Gasteiger partial charge < -0.3 is 0 Å². The quantitative estimate of drug-likeness (QED) is 0.629. The maximum Gasteiger partial charge on any atom is 0.166 e. The molecule has 1 aromatic heterocycles. The summed E-state index contributed by atoms with van der Waals surface area (Å²) in [5.74, 6) is 0.260. The molecule has 0 bridgehead atoms. The summed E-state index contributed by atoms with van der Waals surface area (Å²) in [5, 5.41) is 4.16. The Kier molecular flexibility index (Phi) is 1.71. The van der Waals surface area contributed by atoms with Gasteiger partial charge in [-0.25, -0.2) is 0 Å². The predicted octanol–water partition coefficient (Wildman–Crippen LogP) is 1.42. The molecule has 0 amide bonds. The Morgan fingerprint density at radius 3 is 3.17 bits per heavy atom. The van der Waals surface area contributed by atoms with Crippen molar-refractivity contribution in [2.24, 2.45) is 0 Å². The van der Waals surface area contributed by atoms with E-state index >= 15 is 0 Å². The number of aromatic nitrogens is 2. The Morgan fingerprint density at radius 2 is 2.42 bits per heavy atom. The van der Waals surface area contributed by atoms with Gasteiger partial charge in [-0.3, -0.25) is 9.48 Å². The van der Waals surface area contributed by atoms with E-state index in [1.54, 1.807) is 6.20 Å². The zero-order valence-electron chi connectivity index (χ0n) is 7.21. The summed E-state index contributed by atoms with van der Waals surface area (Å²) in [5.41, 5.74) is 1.98. The number of hydrogen-bond donors (Lipinski definition) is 0. The van der Waals surface area contributed by atoms with Gasteiger partial charge >= 0.3 is 0 Å². The number of Topliss-reactive ketones (excluding diaryl/α,β-unsaturated/α-hetero) is 1. The van der Waals surface area contributed by atoms with E-state index in [1.807, 2.05) is 11.6 Å². The second kappa shape index (κ2) is 2.73. The van der Waals surface area contributed by atoms with Gasteiger partial charge in [-0.2, -0.15) is 5.10 Å². The average Bonchev–Trinajstić information content (AvgIpc) is 2.49. The first kappa shape index (κ1) is 7.53. The molecule has 0 fully saturated rings. The molecule has 0 aliphatic heterocycles. The third-order valence-electron chi connectivity index (χ3n) is 2.37. The molecule has 2 rings (SSSR count). The monoisotopic (exact) mass is 164 g/mol. The van der Waals surface area contributed by atoms with Crippen LogP contribution in [-0.2, 0) is 13.0 Å². The summed E-state index contributed by atoms with van der Waals surface area (Å²) in [6.45, 7) is 2.91. The molecule has 0 spiro atoms. The van der Waals surface area contributed by atoms with Crippen LogP contribution in [0.3, 0.4) is 0 Å². The van der Waals surface area contributed by atoms with Gasteiger partial charge in [0.2, 0.25) is 0 Å². The summed E-state index contributed by atoms with van der Waals surface area (Å²) in [6, 6.07) is 0. The van der Waals surface area contributed by atoms with E-state index in [9.17, 15) is 4.79 Å². The second-order valence-corrected chi connectivity index (χ2v) is 3.10. The number of hydrogen-bond acceptors (Lipinski definition) is 2. The van der Waals surface area contributed by atoms with Gasteiger partial charge in [0, 0.05) is 18.7 Å². The lowest BCUT2D eigenvalue weighted by molar-refractivity contribution is 0.0972. The lowest BCUT2D eigenvalue weighted by Gasteiger charge is -2.11. The van der Waals surface area contributed by atoms with Gasteiger partial charge in [0.15, 0.2) is 5.78 Å². The molecule has 3 heteroatoms. The first-order valence-corrected chi connectivity index (χ1v) is 4.41. The molecule has 0 aromatic carbocycles. The van der Waals surface area contributed by atoms with Crippen LogP contribution in [0.5, 0.6) is 0 Å². The summed E-state index contributed by atoms with van der Waals surface area (Å²) in [4.78, 5) is 11.4. The molecule has 0 unspecified atom stereocenters. The van der Waals surface area contributed by atoms with Gasteiger partial charge in [0.1, 0.15) is 0 Å². The fourth-order valence-corrected chi connectivity index (χ4v) is 1.73. The number of rotatable bonds is 1. The standard InChI is InChI=1S/C9H12N2O/c1-2-11-8-4-3-5-9(12)7(8)6-10-11/h6H,2-5H2,1H3. The Bertz CT molecular complexity index is 314. The van der Waals surface area contributed by atoms with Crippen molar-refractivity contribution in [2.45, 2.75) is 32.7 Å². The second-order valence-electron chi connectivity index (χ2n) is 3.10. The smallest absolute Gasteiger partial charge is 0.166 e. The highest BCUT2D eigenvalue weighted by molar-refractivity contribution is 5.97. The van der Waals surface area contributed by atoms with E-state index in [-0.39, 0.29) is 5.78 Å². The molecule has 64 valence electrons. The topological polar surface area (TPSA) is 34.9 Å². The highest BCUT2D eigenvalue weighted by Crippen LogP contribution is 2.20. The summed E-state index contributed by atoms with van der Waals surface area (Å²) >= 11 is 0. The summed E-state index contributed by atoms with van der Waals surface area (Å²) < 4.78 is 1.92. The highest BCUT2D eigenvalue weighted by atomic mass is 16.1. The van der Waals surface area contributed by atoms with Crippen LogP contribution in [0.4, 0.5) is 0 Å². The van der Waals surface area contributed by atoms with E-state index in [4.69, 9.17) is 0 Å². The third-order valence-corrected chi connectivity index (χ3v) is 2.37. The molecule has 0 saturated heterocycles. The Labute approximate surface area is 71.4 Å². The van der Waals surface area contributed by atoms with Crippen LogP contribution >= 0.6 is 0 Å². The number of fused-ring (bicyclic) bond motifs is 1. The maximum absolute atomic E-state index is 11.4. The minimum atomic E-state index is 0.260. The number of carbonyl (C=O) groups is 1. The lowest BCUT2D eigenvalue weighted by Crippen LogP contribution is -2.12. The van der Waals surface area contributed by atoms with Crippen LogP contribution < -0.4 is 0 Å². The van der Waals surface area contributed by atoms with Crippen molar-refractivity contribution in [3.05, 3.63) is 17.5 Å². The zero-order valence-corrected chi connectivity index (χ0v) is 7.21. The largest absolute Gasteiger partial charge is 0.294 e. The van der Waals surface area contributed by atoms with Crippen LogP contribution in [0.15, 0.2) is 6.20 Å². The summed E-state index contributed by atoms with van der Waals surface area (Å²) in [6.07, 6.45) is 4.40. The number of carbonyl (C=O) groups excluding carboxylic acids is 1. The van der Waals surface area contributed by atoms with Crippen molar-refractivity contribution in [1.82, 2.24) is 9.78 Å². The number of nitrogens with zero attached hydrogens (tertiary/aromatic N) is 2. The van der Waals surface area contributed by atoms with Crippen molar-refractivity contribution >= 4 is 5.78 Å². The van der Waals surface area contributed by atoms with Crippen molar-refractivity contribution < 1.29 is 4.79 Å². The maximum atomic E-state index is 11.4. The normalized spacial score (nSPS) is 16.2. The molecule has 0 N–H and O–H groups in total. The van der Waals surface area contributed by atoms with Crippen LogP contribution in [0.2, 0.25) is 0 Å². The Balaban J connectivity index is 2.48. The molecule has 1 aliphatic rings. The number of aryl methyl sites for hydroxylation is 1. The molecule has 0 atom stereocenters. The van der Waals surface area contributed by atoms with Gasteiger partial charge in [0.25, 0.3) is 0 Å². The van der Waals surface area contributed by atoms with Gasteiger partial charge in [-0.05, 0) is 19.8 Å². The molecule has 3 nitrogen and oxygen atoms in total. The van der Waals surface area contributed by atoms with Crippen LogP contribution in [0.1, 0.15) is 35.8 Å². The average molecular weight is 164 g/mol. The van der Waals surface area contributed by atoms with E-state index in [2.05, 4.69) is 5.10 Å². The SMILES string of the molecule is CCn1ncc2c1CCCC2=O. The molecular weight excluding hydrogens is 152 g/mol. The molecule has 0 saturated carbocycles. The van der Waals surface area contributed by atoms with Crippen LogP contribution in [-0.4, -0.2) is 15.6 Å². The highest BCUT2D eigenvalue weighted by Gasteiger charge is 2.20. The molecular formula is C9H12N2O. The van der Waals surface area contributed by atoms with Gasteiger partial charge in [-0.15, -0.1) is 0 Å². The van der Waals surface area contributed by atoms with E-state index in [1.165, 1.54) is 0 Å². The zero-order chi connectivity index (χ0) is 8.55. The number of ketones is 1. The first-order chi connectivity index (χ1) is 5.83. The van der Waals surface area contributed by atoms with Gasteiger partial charge in [-0.1, -0.05) is 0 Å². The minimum Gasteiger partial charge on any atom is -0.294 e. The van der Waals surface area contributed by atoms with Crippen molar-refractivity contribution in [3.63, 3.8) is 0 Å². The van der Waals surface area contributed by atoms with Crippen molar-refractivity contribution in [1.29, 1.82) is 0 Å². The van der Waals surface area contributed by atoms with Crippen molar-refractivity contribution in [2.75, 3.05) is 0 Å². The van der Waals surface area contributed by atoms with E-state index < -0.39 is 0 Å². The van der Waals surface area contributed by atoms with E-state index in [0.29, 0.717) is 6.42 Å². The van der Waals surface area contributed by atoms with Gasteiger partial charge in [0.05, 0.1) is 11.8 Å². The Hall–Kier alpha value is -1.12. The summed E-state index contributed by atoms with van der Waals surface area (Å²) in [7, 11) is 0. The van der Waals surface area contributed by atoms with Crippen LogP contribution in [0.25, 0.3) is 0 Å². The molecule has 1 heterocycles. The van der Waals surface area contributed by atoms with E-state index in [0.717, 1.165) is 30.6 Å². The third kappa shape index (κ3) is 0.967. The Morgan fingerprint density at radius 1 is 1.58 bits per heavy atom. The molecule has 1 aromatic rings. The predicted molar refractivity (Wildman–Crippen MR) is 45.2 cm³/mol. The fraction of sp³-hybridized carbons (Fsp3) is 0.556. The first-order valence-electron chi connectivity index (χ1n) is 4.41. The molecule has 1 aliphatic carbocycles.